The zero-order valence-corrected chi connectivity index (χ0v) is 10.5. The number of carbonyl (C=O) groups is 1. The highest BCUT2D eigenvalue weighted by molar-refractivity contribution is 5.96. The number of hydrogen-bond donors (Lipinski definition) is 3. The number of carbonyl (C=O) groups excluding carboxylic acids is 1. The second kappa shape index (κ2) is 5.27. The molecule has 1 aromatic carbocycles. The van der Waals surface area contributed by atoms with E-state index < -0.39 is 34.2 Å². The summed E-state index contributed by atoms with van der Waals surface area (Å²) in [5.74, 6) is -0.915. The maximum absolute atomic E-state index is 12.7. The number of anilines is 2. The molecule has 9 heteroatoms. The topological polar surface area (TPSA) is 95.9 Å². The minimum atomic E-state index is -4.89. The lowest BCUT2D eigenvalue weighted by Crippen LogP contribution is -2.36. The Labute approximate surface area is 112 Å². The van der Waals surface area contributed by atoms with Crippen LogP contribution in [0, 0.1) is 5.21 Å². The SMILES string of the molecule is CC(C)(O)C(=O)Nc1ccc(N([O-])O)c(C(F)(F)F)c1. The smallest absolute Gasteiger partial charge is 0.418 e. The highest BCUT2D eigenvalue weighted by Crippen LogP contribution is 2.37. The average Bonchev–Trinajstić information content (AvgIpc) is 2.26. The van der Waals surface area contributed by atoms with E-state index in [2.05, 4.69) is 5.32 Å². The van der Waals surface area contributed by atoms with E-state index in [9.17, 15) is 28.3 Å². The van der Waals surface area contributed by atoms with Crippen LogP contribution in [-0.2, 0) is 11.0 Å². The largest absolute Gasteiger partial charge is 0.733 e. The molecule has 112 valence electrons. The Hall–Kier alpha value is -1.84. The van der Waals surface area contributed by atoms with E-state index >= 15 is 0 Å². The summed E-state index contributed by atoms with van der Waals surface area (Å²) in [6, 6.07) is 2.19. The zero-order chi connectivity index (χ0) is 15.7. The van der Waals surface area contributed by atoms with Crippen LogP contribution in [0.1, 0.15) is 19.4 Å². The Morgan fingerprint density at radius 2 is 1.90 bits per heavy atom. The first kappa shape index (κ1) is 16.2. The fraction of sp³-hybridized carbons (Fsp3) is 0.364. The number of aliphatic hydroxyl groups is 1. The zero-order valence-electron chi connectivity index (χ0n) is 10.5. The molecule has 0 spiro atoms. The molecule has 0 bridgehead atoms. The number of rotatable bonds is 3. The van der Waals surface area contributed by atoms with Crippen molar-refractivity contribution in [2.45, 2.75) is 25.6 Å². The van der Waals surface area contributed by atoms with Crippen molar-refractivity contribution in [1.29, 1.82) is 0 Å². The first-order valence-electron chi connectivity index (χ1n) is 5.34. The standard InChI is InChI=1S/C11H12F3N2O4/c1-10(2,18)9(17)15-6-3-4-8(16(19)20)7(5-6)11(12,13)14/h3-5,18-19H,1-2H3,(H,15,17)/q-1. The van der Waals surface area contributed by atoms with Crippen LogP contribution in [-0.4, -0.2) is 21.8 Å². The molecule has 0 fully saturated rings. The second-order valence-electron chi connectivity index (χ2n) is 4.52. The van der Waals surface area contributed by atoms with Gasteiger partial charge >= 0.3 is 6.18 Å². The van der Waals surface area contributed by atoms with E-state index in [4.69, 9.17) is 5.21 Å². The van der Waals surface area contributed by atoms with Crippen molar-refractivity contribution in [1.82, 2.24) is 0 Å². The molecule has 1 aromatic rings. The summed E-state index contributed by atoms with van der Waals surface area (Å²) in [6.07, 6.45) is -4.89. The van der Waals surface area contributed by atoms with Gasteiger partial charge in [0, 0.05) is 5.69 Å². The van der Waals surface area contributed by atoms with Gasteiger partial charge in [-0.15, -0.1) is 0 Å². The fourth-order valence-electron chi connectivity index (χ4n) is 1.29. The molecule has 0 heterocycles. The van der Waals surface area contributed by atoms with Crippen LogP contribution < -0.4 is 10.5 Å². The molecule has 0 radical (unpaired) electrons. The van der Waals surface area contributed by atoms with Gasteiger partial charge in [-0.1, -0.05) is 0 Å². The number of benzene rings is 1. The summed E-state index contributed by atoms with van der Waals surface area (Å²) in [6.45, 7) is 2.32. The normalized spacial score (nSPS) is 12.2. The quantitative estimate of drug-likeness (QED) is 0.742. The van der Waals surface area contributed by atoms with Crippen molar-refractivity contribution in [3.63, 3.8) is 0 Å². The van der Waals surface area contributed by atoms with Gasteiger partial charge in [0.05, 0.1) is 11.3 Å². The van der Waals surface area contributed by atoms with E-state index in [0.29, 0.717) is 12.1 Å². The number of amides is 1. The van der Waals surface area contributed by atoms with Crippen LogP contribution in [0.2, 0.25) is 0 Å². The number of alkyl halides is 3. The van der Waals surface area contributed by atoms with Crippen LogP contribution >= 0.6 is 0 Å². The van der Waals surface area contributed by atoms with Crippen LogP contribution in [0.4, 0.5) is 24.5 Å². The Morgan fingerprint density at radius 1 is 1.35 bits per heavy atom. The lowest BCUT2D eigenvalue weighted by Gasteiger charge is -2.26. The predicted octanol–water partition coefficient (Wildman–Crippen LogP) is 2.11. The highest BCUT2D eigenvalue weighted by Gasteiger charge is 2.34. The minimum Gasteiger partial charge on any atom is -0.733 e. The Kier molecular flexibility index (Phi) is 4.27. The molecule has 0 saturated carbocycles. The van der Waals surface area contributed by atoms with Gasteiger partial charge in [0.1, 0.15) is 5.60 Å². The van der Waals surface area contributed by atoms with Gasteiger partial charge < -0.3 is 20.9 Å². The van der Waals surface area contributed by atoms with Crippen molar-refractivity contribution in [2.75, 3.05) is 10.5 Å². The molecule has 0 aliphatic carbocycles. The van der Waals surface area contributed by atoms with Crippen molar-refractivity contribution < 1.29 is 28.3 Å². The summed E-state index contributed by atoms with van der Waals surface area (Å²) in [7, 11) is 0. The molecule has 0 aromatic heterocycles. The summed E-state index contributed by atoms with van der Waals surface area (Å²) in [5.41, 5.74) is -4.46. The Balaban J connectivity index is 3.18. The van der Waals surface area contributed by atoms with E-state index in [0.717, 1.165) is 19.9 Å². The maximum Gasteiger partial charge on any atom is 0.418 e. The van der Waals surface area contributed by atoms with Crippen LogP contribution in [0.3, 0.4) is 0 Å². The van der Waals surface area contributed by atoms with E-state index in [1.165, 1.54) is 0 Å². The Bertz CT molecular complexity index is 509. The summed E-state index contributed by atoms with van der Waals surface area (Å²) in [5, 5.41) is 29.8. The molecular formula is C11H12F3N2O4-. The third kappa shape index (κ3) is 3.83. The second-order valence-corrected chi connectivity index (χ2v) is 4.52. The van der Waals surface area contributed by atoms with Crippen LogP contribution in [0.5, 0.6) is 0 Å². The van der Waals surface area contributed by atoms with Crippen LogP contribution in [0.15, 0.2) is 18.2 Å². The predicted molar refractivity (Wildman–Crippen MR) is 64.0 cm³/mol. The molecule has 0 aliphatic heterocycles. The fourth-order valence-corrected chi connectivity index (χ4v) is 1.29. The lowest BCUT2D eigenvalue weighted by molar-refractivity contribution is -0.137. The average molecular weight is 293 g/mol. The summed E-state index contributed by atoms with van der Waals surface area (Å²) in [4.78, 5) is 11.4. The van der Waals surface area contributed by atoms with Crippen molar-refractivity contribution in [3.05, 3.63) is 29.0 Å². The summed E-state index contributed by atoms with van der Waals surface area (Å²) < 4.78 is 38.2. The van der Waals surface area contributed by atoms with Crippen molar-refractivity contribution in [2.24, 2.45) is 0 Å². The van der Waals surface area contributed by atoms with Gasteiger partial charge in [-0.05, 0) is 32.0 Å². The van der Waals surface area contributed by atoms with E-state index in [1.54, 1.807) is 0 Å². The van der Waals surface area contributed by atoms with Gasteiger partial charge in [-0.3, -0.25) is 10.0 Å². The molecule has 6 nitrogen and oxygen atoms in total. The maximum atomic E-state index is 12.7. The van der Waals surface area contributed by atoms with Gasteiger partial charge in [0.25, 0.3) is 5.91 Å². The third-order valence-electron chi connectivity index (χ3n) is 2.32. The molecule has 0 aliphatic rings. The van der Waals surface area contributed by atoms with Gasteiger partial charge in [-0.2, -0.15) is 13.2 Å². The first-order chi connectivity index (χ1) is 8.93. The number of nitrogens with zero attached hydrogens (tertiary/aromatic N) is 1. The molecule has 0 atom stereocenters. The highest BCUT2D eigenvalue weighted by atomic mass is 19.4. The molecule has 20 heavy (non-hydrogen) atoms. The molecule has 0 saturated heterocycles. The number of hydrogen-bond acceptors (Lipinski definition) is 5. The number of halogens is 3. The van der Waals surface area contributed by atoms with Gasteiger partial charge in [0.15, 0.2) is 0 Å². The monoisotopic (exact) mass is 293 g/mol. The Morgan fingerprint density at radius 3 is 2.30 bits per heavy atom. The molecule has 1 rings (SSSR count). The minimum absolute atomic E-state index is 0.268. The van der Waals surface area contributed by atoms with Gasteiger partial charge in [0.2, 0.25) is 0 Å². The van der Waals surface area contributed by atoms with Gasteiger partial charge in [-0.25, -0.2) is 0 Å². The van der Waals surface area contributed by atoms with Crippen LogP contribution in [0.25, 0.3) is 0 Å². The van der Waals surface area contributed by atoms with Crippen molar-refractivity contribution >= 4 is 17.3 Å². The lowest BCUT2D eigenvalue weighted by atomic mass is 10.1. The van der Waals surface area contributed by atoms with E-state index in [1.807, 2.05) is 0 Å². The van der Waals surface area contributed by atoms with E-state index in [-0.39, 0.29) is 5.69 Å². The molecule has 3 N–H and O–H groups in total. The van der Waals surface area contributed by atoms with Crippen molar-refractivity contribution in [3.8, 4) is 0 Å². The molecule has 1 amide bonds. The first-order valence-corrected chi connectivity index (χ1v) is 5.34. The molecular weight excluding hydrogens is 281 g/mol. The third-order valence-corrected chi connectivity index (χ3v) is 2.32. The summed E-state index contributed by atoms with van der Waals surface area (Å²) >= 11 is 0. The number of nitrogens with one attached hydrogen (secondary N) is 1. The molecule has 0 unspecified atom stereocenters.